The summed E-state index contributed by atoms with van der Waals surface area (Å²) in [6, 6.07) is 0. The van der Waals surface area contributed by atoms with Crippen molar-refractivity contribution in [1.82, 2.24) is 5.32 Å². The molecule has 0 aliphatic rings. The summed E-state index contributed by atoms with van der Waals surface area (Å²) < 4.78 is 5.03. The molecule has 0 fully saturated rings. The lowest BCUT2D eigenvalue weighted by Gasteiger charge is -1.96. The molecular formula is C9H17NO. The van der Waals surface area contributed by atoms with Gasteiger partial charge in [-0.1, -0.05) is 6.58 Å². The number of hydrogen-bond acceptors (Lipinski definition) is 2. The molecule has 2 heteroatoms. The smallest absolute Gasteiger partial charge is 0.0929 e. The molecule has 64 valence electrons. The third-order valence-corrected chi connectivity index (χ3v) is 1.16. The number of ether oxygens (including phenoxy) is 1. The maximum atomic E-state index is 5.03. The number of unbranched alkanes of at least 4 members (excludes halogenated alkanes) is 1. The third-order valence-electron chi connectivity index (χ3n) is 1.16. The standard InChI is InChI=1S/C9H17NO/c1-9(2)11-8-6-4-5-7-10-3/h6,8,10H,1,4-5,7H2,2-3H3. The van der Waals surface area contributed by atoms with Crippen LogP contribution in [0.2, 0.25) is 0 Å². The molecule has 0 saturated heterocycles. The van der Waals surface area contributed by atoms with Gasteiger partial charge in [-0.3, -0.25) is 0 Å². The molecule has 0 radical (unpaired) electrons. The summed E-state index contributed by atoms with van der Waals surface area (Å²) in [4.78, 5) is 0. The van der Waals surface area contributed by atoms with Crippen LogP contribution in [0.1, 0.15) is 19.8 Å². The van der Waals surface area contributed by atoms with E-state index in [1.807, 2.05) is 20.0 Å². The van der Waals surface area contributed by atoms with E-state index in [4.69, 9.17) is 4.74 Å². The minimum Gasteiger partial charge on any atom is -0.471 e. The fourth-order valence-electron chi connectivity index (χ4n) is 0.629. The second-order valence-corrected chi connectivity index (χ2v) is 2.44. The minimum absolute atomic E-state index is 0.731. The van der Waals surface area contributed by atoms with Crippen LogP contribution in [0, 0.1) is 0 Å². The Morgan fingerprint density at radius 1 is 1.64 bits per heavy atom. The van der Waals surface area contributed by atoms with Crippen molar-refractivity contribution in [1.29, 1.82) is 0 Å². The van der Waals surface area contributed by atoms with Crippen LogP contribution < -0.4 is 5.32 Å². The van der Waals surface area contributed by atoms with E-state index < -0.39 is 0 Å². The third kappa shape index (κ3) is 9.24. The van der Waals surface area contributed by atoms with Crippen molar-refractivity contribution in [3.05, 3.63) is 24.7 Å². The molecule has 0 saturated carbocycles. The van der Waals surface area contributed by atoms with Crippen LogP contribution in [0.15, 0.2) is 24.7 Å². The van der Waals surface area contributed by atoms with Crippen LogP contribution in [0.25, 0.3) is 0 Å². The number of rotatable bonds is 6. The Kier molecular flexibility index (Phi) is 6.84. The minimum atomic E-state index is 0.731. The fraction of sp³-hybridized carbons (Fsp3) is 0.556. The molecule has 0 aromatic rings. The van der Waals surface area contributed by atoms with Crippen molar-refractivity contribution in [2.75, 3.05) is 13.6 Å². The van der Waals surface area contributed by atoms with Gasteiger partial charge in [-0.15, -0.1) is 0 Å². The zero-order valence-electron chi connectivity index (χ0n) is 7.39. The second kappa shape index (κ2) is 7.35. The highest BCUT2D eigenvalue weighted by molar-refractivity contribution is 4.82. The van der Waals surface area contributed by atoms with Gasteiger partial charge in [0.25, 0.3) is 0 Å². The first kappa shape index (κ1) is 10.2. The van der Waals surface area contributed by atoms with E-state index in [0.717, 1.165) is 25.1 Å². The molecule has 2 nitrogen and oxygen atoms in total. The molecule has 11 heavy (non-hydrogen) atoms. The molecule has 0 aliphatic heterocycles. The molecule has 0 aromatic carbocycles. The van der Waals surface area contributed by atoms with Crippen LogP contribution in [-0.4, -0.2) is 13.6 Å². The zero-order valence-corrected chi connectivity index (χ0v) is 7.39. The van der Waals surface area contributed by atoms with Crippen molar-refractivity contribution < 1.29 is 4.74 Å². The Morgan fingerprint density at radius 2 is 2.36 bits per heavy atom. The molecule has 1 N–H and O–H groups in total. The van der Waals surface area contributed by atoms with E-state index >= 15 is 0 Å². The maximum absolute atomic E-state index is 5.03. The SMILES string of the molecule is C=C(C)OC=CCCCNC. The number of nitrogens with one attached hydrogen (secondary N) is 1. The highest BCUT2D eigenvalue weighted by atomic mass is 16.5. The van der Waals surface area contributed by atoms with Gasteiger partial charge in [0.05, 0.1) is 12.0 Å². The van der Waals surface area contributed by atoms with E-state index in [0.29, 0.717) is 0 Å². The molecule has 0 aromatic heterocycles. The van der Waals surface area contributed by atoms with Crippen molar-refractivity contribution in [3.8, 4) is 0 Å². The van der Waals surface area contributed by atoms with Crippen LogP contribution in [-0.2, 0) is 4.74 Å². The lowest BCUT2D eigenvalue weighted by Crippen LogP contribution is -2.06. The topological polar surface area (TPSA) is 21.3 Å². The second-order valence-electron chi connectivity index (χ2n) is 2.44. The van der Waals surface area contributed by atoms with Gasteiger partial charge >= 0.3 is 0 Å². The predicted molar refractivity (Wildman–Crippen MR) is 48.2 cm³/mol. The van der Waals surface area contributed by atoms with E-state index in [1.54, 1.807) is 6.26 Å². The summed E-state index contributed by atoms with van der Waals surface area (Å²) in [5.74, 6) is 0.731. The molecule has 0 unspecified atom stereocenters. The monoisotopic (exact) mass is 155 g/mol. The van der Waals surface area contributed by atoms with Gasteiger partial charge in [0, 0.05) is 0 Å². The number of hydrogen-bond donors (Lipinski definition) is 1. The van der Waals surface area contributed by atoms with Crippen molar-refractivity contribution in [2.24, 2.45) is 0 Å². The molecule has 0 atom stereocenters. The normalized spacial score (nSPS) is 10.4. The van der Waals surface area contributed by atoms with Crippen LogP contribution in [0.5, 0.6) is 0 Å². The Morgan fingerprint density at radius 3 is 2.91 bits per heavy atom. The van der Waals surface area contributed by atoms with Crippen molar-refractivity contribution in [3.63, 3.8) is 0 Å². The van der Waals surface area contributed by atoms with E-state index in [-0.39, 0.29) is 0 Å². The van der Waals surface area contributed by atoms with Gasteiger partial charge < -0.3 is 10.1 Å². The lowest BCUT2D eigenvalue weighted by molar-refractivity contribution is 0.354. The van der Waals surface area contributed by atoms with Gasteiger partial charge in [-0.25, -0.2) is 0 Å². The van der Waals surface area contributed by atoms with Gasteiger partial charge in [0.2, 0.25) is 0 Å². The average molecular weight is 155 g/mol. The van der Waals surface area contributed by atoms with Gasteiger partial charge in [-0.05, 0) is 39.4 Å². The van der Waals surface area contributed by atoms with E-state index in [2.05, 4.69) is 11.9 Å². The molecule has 0 rings (SSSR count). The Bertz CT molecular complexity index is 130. The maximum Gasteiger partial charge on any atom is 0.0929 e. The van der Waals surface area contributed by atoms with Crippen molar-refractivity contribution >= 4 is 0 Å². The predicted octanol–water partition coefficient (Wildman–Crippen LogP) is 2.05. The fourth-order valence-corrected chi connectivity index (χ4v) is 0.629. The first-order valence-electron chi connectivity index (χ1n) is 3.89. The molecular weight excluding hydrogens is 138 g/mol. The van der Waals surface area contributed by atoms with Crippen LogP contribution in [0.3, 0.4) is 0 Å². The molecule has 0 spiro atoms. The summed E-state index contributed by atoms with van der Waals surface area (Å²) in [5, 5.41) is 3.08. The van der Waals surface area contributed by atoms with Gasteiger partial charge in [0.15, 0.2) is 0 Å². The Labute approximate surface area is 68.9 Å². The van der Waals surface area contributed by atoms with E-state index in [9.17, 15) is 0 Å². The summed E-state index contributed by atoms with van der Waals surface area (Å²) in [6.07, 6.45) is 5.89. The zero-order chi connectivity index (χ0) is 8.53. The average Bonchev–Trinajstić information content (AvgIpc) is 1.96. The lowest BCUT2D eigenvalue weighted by atomic mass is 10.3. The van der Waals surface area contributed by atoms with E-state index in [1.165, 1.54) is 0 Å². The first-order valence-corrected chi connectivity index (χ1v) is 3.89. The van der Waals surface area contributed by atoms with Crippen molar-refractivity contribution in [2.45, 2.75) is 19.8 Å². The number of allylic oxidation sites excluding steroid dienone is 2. The highest BCUT2D eigenvalue weighted by Gasteiger charge is 1.80. The molecule has 0 aliphatic carbocycles. The van der Waals surface area contributed by atoms with Gasteiger partial charge in [-0.2, -0.15) is 0 Å². The molecule has 0 bridgehead atoms. The largest absolute Gasteiger partial charge is 0.471 e. The van der Waals surface area contributed by atoms with Crippen LogP contribution >= 0.6 is 0 Å². The highest BCUT2D eigenvalue weighted by Crippen LogP contribution is 1.94. The summed E-state index contributed by atoms with van der Waals surface area (Å²) in [5.41, 5.74) is 0. The molecule has 0 amide bonds. The summed E-state index contributed by atoms with van der Waals surface area (Å²) in [6.45, 7) is 6.49. The van der Waals surface area contributed by atoms with Gasteiger partial charge in [0.1, 0.15) is 0 Å². The summed E-state index contributed by atoms with van der Waals surface area (Å²) in [7, 11) is 1.95. The first-order chi connectivity index (χ1) is 5.27. The Hall–Kier alpha value is -0.760. The summed E-state index contributed by atoms with van der Waals surface area (Å²) >= 11 is 0. The van der Waals surface area contributed by atoms with Crippen LogP contribution in [0.4, 0.5) is 0 Å². The quantitative estimate of drug-likeness (QED) is 0.468. The molecule has 0 heterocycles. The Balaban J connectivity index is 3.10.